The van der Waals surface area contributed by atoms with E-state index in [9.17, 15) is 30.3 Å². The zero-order valence-electron chi connectivity index (χ0n) is 36.0. The zero-order valence-corrected chi connectivity index (χ0v) is 36.0. The van der Waals surface area contributed by atoms with Gasteiger partial charge in [-0.1, -0.05) is 213 Å². The van der Waals surface area contributed by atoms with E-state index in [4.69, 9.17) is 9.47 Å². The minimum Gasteiger partial charge on any atom is -0.394 e. The largest absolute Gasteiger partial charge is 0.394 e. The second-order valence-electron chi connectivity index (χ2n) is 16.9. The van der Waals surface area contributed by atoms with Crippen LogP contribution in [0.5, 0.6) is 0 Å². The topological polar surface area (TPSA) is 149 Å². The molecule has 0 saturated carbocycles. The van der Waals surface area contributed by atoms with Crippen molar-refractivity contribution in [3.05, 3.63) is 0 Å². The maximum Gasteiger partial charge on any atom is 0.220 e. The van der Waals surface area contributed by atoms with E-state index < -0.39 is 49.5 Å². The molecule has 0 spiro atoms. The molecular formula is C46H91NO8. The first-order valence-electron chi connectivity index (χ1n) is 23.7. The fourth-order valence-corrected chi connectivity index (χ4v) is 7.87. The first-order valence-corrected chi connectivity index (χ1v) is 23.7. The molecule has 1 aliphatic rings. The zero-order chi connectivity index (χ0) is 40.2. The Labute approximate surface area is 338 Å². The Bertz CT molecular complexity index is 832. The second-order valence-corrected chi connectivity index (χ2v) is 16.9. The number of amides is 1. The van der Waals surface area contributed by atoms with Crippen LogP contribution in [0.2, 0.25) is 0 Å². The molecule has 0 aromatic rings. The number of carbonyl (C=O) groups is 1. The molecule has 7 atom stereocenters. The molecule has 1 saturated heterocycles. The molecule has 328 valence electrons. The summed E-state index contributed by atoms with van der Waals surface area (Å²) in [5.41, 5.74) is 0. The van der Waals surface area contributed by atoms with Crippen molar-refractivity contribution >= 4 is 5.91 Å². The van der Waals surface area contributed by atoms with Crippen molar-refractivity contribution in [2.24, 2.45) is 0 Å². The molecule has 55 heavy (non-hydrogen) atoms. The third kappa shape index (κ3) is 28.3. The van der Waals surface area contributed by atoms with Crippen molar-refractivity contribution in [2.75, 3.05) is 13.2 Å². The van der Waals surface area contributed by atoms with Crippen LogP contribution < -0.4 is 5.32 Å². The van der Waals surface area contributed by atoms with E-state index in [2.05, 4.69) is 19.2 Å². The van der Waals surface area contributed by atoms with E-state index in [0.29, 0.717) is 12.8 Å². The highest BCUT2D eigenvalue weighted by molar-refractivity contribution is 5.76. The van der Waals surface area contributed by atoms with Gasteiger partial charge in [0.1, 0.15) is 24.4 Å². The summed E-state index contributed by atoms with van der Waals surface area (Å²) >= 11 is 0. The lowest BCUT2D eigenvalue weighted by Gasteiger charge is -2.40. The number of rotatable bonds is 40. The predicted octanol–water partition coefficient (Wildman–Crippen LogP) is 9.95. The Morgan fingerprint density at radius 2 is 0.909 bits per heavy atom. The number of aliphatic hydroxyl groups excluding tert-OH is 5. The second kappa shape index (κ2) is 37.5. The Balaban J connectivity index is 2.28. The highest BCUT2D eigenvalue weighted by atomic mass is 16.7. The molecule has 1 rings (SSSR count). The highest BCUT2D eigenvalue weighted by Crippen LogP contribution is 2.23. The number of hydrogen-bond acceptors (Lipinski definition) is 8. The molecule has 0 bridgehead atoms. The van der Waals surface area contributed by atoms with Gasteiger partial charge in [-0.2, -0.15) is 0 Å². The van der Waals surface area contributed by atoms with Gasteiger partial charge in [0.25, 0.3) is 0 Å². The molecule has 9 heteroatoms. The SMILES string of the molecule is CCCCCCCCCCCCCCCCCCCCCC(=O)N[C@@H](CO[C@@H]1O[C@H](CO)[C@@H](O)C(O)C1O)[C@H](O)CCCCCCCCCCCCCCC. The van der Waals surface area contributed by atoms with Gasteiger partial charge in [0.05, 0.1) is 25.4 Å². The lowest BCUT2D eigenvalue weighted by Crippen LogP contribution is -2.60. The van der Waals surface area contributed by atoms with Gasteiger partial charge in [-0.05, 0) is 12.8 Å². The normalized spacial score (nSPS) is 21.2. The van der Waals surface area contributed by atoms with Gasteiger partial charge in [-0.15, -0.1) is 0 Å². The number of aliphatic hydroxyl groups is 5. The molecule has 0 aliphatic carbocycles. The minimum absolute atomic E-state index is 0.132. The van der Waals surface area contributed by atoms with Crippen LogP contribution >= 0.6 is 0 Å². The third-order valence-corrected chi connectivity index (χ3v) is 11.7. The van der Waals surface area contributed by atoms with Crippen molar-refractivity contribution in [3.8, 4) is 0 Å². The Morgan fingerprint density at radius 3 is 1.29 bits per heavy atom. The van der Waals surface area contributed by atoms with Gasteiger partial charge in [-0.25, -0.2) is 0 Å². The fraction of sp³-hybridized carbons (Fsp3) is 0.978. The highest BCUT2D eigenvalue weighted by Gasteiger charge is 2.44. The summed E-state index contributed by atoms with van der Waals surface area (Å²) in [5, 5.41) is 54.3. The minimum atomic E-state index is -1.55. The number of unbranched alkanes of at least 4 members (excludes halogenated alkanes) is 30. The van der Waals surface area contributed by atoms with Crippen LogP contribution in [0, 0.1) is 0 Å². The first-order chi connectivity index (χ1) is 26.8. The van der Waals surface area contributed by atoms with Crippen molar-refractivity contribution in [1.82, 2.24) is 5.32 Å². The molecule has 6 N–H and O–H groups in total. The van der Waals surface area contributed by atoms with E-state index in [-0.39, 0.29) is 12.5 Å². The van der Waals surface area contributed by atoms with E-state index in [1.54, 1.807) is 0 Å². The Kier molecular flexibility index (Phi) is 35.6. The van der Waals surface area contributed by atoms with Crippen LogP contribution in [0.25, 0.3) is 0 Å². The Morgan fingerprint density at radius 1 is 0.545 bits per heavy atom. The average Bonchev–Trinajstić information content (AvgIpc) is 3.18. The summed E-state index contributed by atoms with van der Waals surface area (Å²) in [5.74, 6) is -0.140. The Hall–Kier alpha value is -0.810. The van der Waals surface area contributed by atoms with E-state index in [1.807, 2.05) is 0 Å². The standard InChI is InChI=1S/C46H91NO8/c1-3-5-7-9-11-13-15-17-18-19-20-21-22-24-26-28-30-32-34-36-42(50)47-39(38-54-46-45(53)44(52)43(51)41(37-48)55-46)40(49)35-33-31-29-27-25-23-16-14-12-10-8-6-4-2/h39-41,43-46,48-49,51-53H,3-38H2,1-2H3,(H,47,50)/t39-,40+,41+,43+,44?,45?,46+/m0/s1. The van der Waals surface area contributed by atoms with Gasteiger partial charge < -0.3 is 40.3 Å². The summed E-state index contributed by atoms with van der Waals surface area (Å²) in [6.45, 7) is 3.85. The summed E-state index contributed by atoms with van der Waals surface area (Å²) in [6.07, 6.45) is 33.9. The van der Waals surface area contributed by atoms with Gasteiger partial charge in [0, 0.05) is 6.42 Å². The molecule has 0 aromatic heterocycles. The lowest BCUT2D eigenvalue weighted by atomic mass is 9.99. The van der Waals surface area contributed by atoms with Crippen molar-refractivity contribution in [1.29, 1.82) is 0 Å². The predicted molar refractivity (Wildman–Crippen MR) is 226 cm³/mol. The van der Waals surface area contributed by atoms with Crippen LogP contribution in [-0.2, 0) is 14.3 Å². The average molecular weight is 786 g/mol. The monoisotopic (exact) mass is 786 g/mol. The van der Waals surface area contributed by atoms with Gasteiger partial charge in [-0.3, -0.25) is 4.79 Å². The number of carbonyl (C=O) groups excluding carboxylic acids is 1. The van der Waals surface area contributed by atoms with Crippen LogP contribution in [0.4, 0.5) is 0 Å². The fourth-order valence-electron chi connectivity index (χ4n) is 7.87. The maximum atomic E-state index is 13.0. The third-order valence-electron chi connectivity index (χ3n) is 11.7. The molecule has 1 heterocycles. The lowest BCUT2D eigenvalue weighted by molar-refractivity contribution is -0.302. The van der Waals surface area contributed by atoms with Crippen molar-refractivity contribution in [2.45, 2.75) is 275 Å². The molecule has 1 fully saturated rings. The summed E-state index contributed by atoms with van der Waals surface area (Å²) < 4.78 is 11.3. The van der Waals surface area contributed by atoms with Crippen LogP contribution in [0.15, 0.2) is 0 Å². The van der Waals surface area contributed by atoms with E-state index in [1.165, 1.54) is 167 Å². The summed E-state index contributed by atoms with van der Waals surface area (Å²) in [7, 11) is 0. The molecule has 1 aliphatic heterocycles. The van der Waals surface area contributed by atoms with Crippen LogP contribution in [0.1, 0.15) is 232 Å². The molecular weight excluding hydrogens is 695 g/mol. The van der Waals surface area contributed by atoms with Crippen LogP contribution in [-0.4, -0.2) is 87.5 Å². The van der Waals surface area contributed by atoms with Gasteiger partial charge in [0.15, 0.2) is 6.29 Å². The molecule has 0 radical (unpaired) electrons. The number of nitrogens with one attached hydrogen (secondary N) is 1. The number of hydrogen-bond donors (Lipinski definition) is 6. The summed E-state index contributed by atoms with van der Waals surface area (Å²) in [4.78, 5) is 13.0. The smallest absolute Gasteiger partial charge is 0.220 e. The molecule has 9 nitrogen and oxygen atoms in total. The van der Waals surface area contributed by atoms with Crippen LogP contribution in [0.3, 0.4) is 0 Å². The van der Waals surface area contributed by atoms with E-state index >= 15 is 0 Å². The molecule has 0 aromatic carbocycles. The molecule has 1 amide bonds. The summed E-state index contributed by atoms with van der Waals surface area (Å²) in [6, 6.07) is -0.711. The quantitative estimate of drug-likeness (QED) is 0.0337. The van der Waals surface area contributed by atoms with Gasteiger partial charge in [0.2, 0.25) is 5.91 Å². The number of ether oxygens (including phenoxy) is 2. The maximum absolute atomic E-state index is 13.0. The van der Waals surface area contributed by atoms with E-state index in [0.717, 1.165) is 38.5 Å². The van der Waals surface area contributed by atoms with Crippen molar-refractivity contribution < 1.29 is 39.8 Å². The van der Waals surface area contributed by atoms with Gasteiger partial charge >= 0.3 is 0 Å². The first kappa shape index (κ1) is 52.2. The molecule has 2 unspecified atom stereocenters. The van der Waals surface area contributed by atoms with Crippen molar-refractivity contribution in [3.63, 3.8) is 0 Å².